The smallest absolute Gasteiger partial charge is 0.256 e. The minimum absolute atomic E-state index is 0.201. The van der Waals surface area contributed by atoms with Gasteiger partial charge in [-0.2, -0.15) is 0 Å². The van der Waals surface area contributed by atoms with Crippen LogP contribution in [-0.4, -0.2) is 10.9 Å². The van der Waals surface area contributed by atoms with Crippen molar-refractivity contribution in [1.29, 1.82) is 0 Å². The van der Waals surface area contributed by atoms with Crippen LogP contribution >= 0.6 is 0 Å². The van der Waals surface area contributed by atoms with E-state index in [-0.39, 0.29) is 11.7 Å². The first-order valence-electron chi connectivity index (χ1n) is 8.35. The second-order valence-electron chi connectivity index (χ2n) is 6.13. The lowest BCUT2D eigenvalue weighted by atomic mass is 10.1. The molecule has 0 spiro atoms. The molecular formula is C21H20FN3O. The number of anilines is 2. The van der Waals surface area contributed by atoms with E-state index in [0.29, 0.717) is 23.5 Å². The van der Waals surface area contributed by atoms with Crippen LogP contribution in [0.3, 0.4) is 0 Å². The van der Waals surface area contributed by atoms with Crippen molar-refractivity contribution in [3.05, 3.63) is 88.9 Å². The Morgan fingerprint density at radius 2 is 1.85 bits per heavy atom. The number of amides is 1. The van der Waals surface area contributed by atoms with Crippen LogP contribution < -0.4 is 10.6 Å². The van der Waals surface area contributed by atoms with E-state index in [1.807, 2.05) is 26.0 Å². The summed E-state index contributed by atoms with van der Waals surface area (Å²) in [5.74, 6) is 0.0163. The molecule has 0 fully saturated rings. The number of pyridine rings is 1. The highest BCUT2D eigenvalue weighted by molar-refractivity contribution is 6.03. The highest BCUT2D eigenvalue weighted by Crippen LogP contribution is 2.15. The van der Waals surface area contributed by atoms with Crippen molar-refractivity contribution < 1.29 is 9.18 Å². The van der Waals surface area contributed by atoms with Gasteiger partial charge in [-0.05, 0) is 55.3 Å². The minimum Gasteiger partial charge on any atom is -0.380 e. The number of rotatable bonds is 5. The largest absolute Gasteiger partial charge is 0.380 e. The molecule has 4 nitrogen and oxygen atoms in total. The molecule has 26 heavy (non-hydrogen) atoms. The van der Waals surface area contributed by atoms with Crippen LogP contribution in [0.5, 0.6) is 0 Å². The maximum absolute atomic E-state index is 13.6. The molecule has 1 heterocycles. The molecule has 0 aliphatic carbocycles. The third-order valence-electron chi connectivity index (χ3n) is 4.21. The number of halogens is 1. The van der Waals surface area contributed by atoms with Crippen LogP contribution in [-0.2, 0) is 6.54 Å². The maximum atomic E-state index is 13.6. The van der Waals surface area contributed by atoms with E-state index < -0.39 is 0 Å². The number of hydrogen-bond donors (Lipinski definition) is 2. The summed E-state index contributed by atoms with van der Waals surface area (Å²) < 4.78 is 13.6. The fourth-order valence-electron chi connectivity index (χ4n) is 2.48. The van der Waals surface area contributed by atoms with Gasteiger partial charge in [-0.25, -0.2) is 9.37 Å². The van der Waals surface area contributed by atoms with Crippen LogP contribution in [0.2, 0.25) is 0 Å². The summed E-state index contributed by atoms with van der Waals surface area (Å²) in [5.41, 5.74) is 4.14. The fourth-order valence-corrected chi connectivity index (χ4v) is 2.48. The summed E-state index contributed by atoms with van der Waals surface area (Å²) in [7, 11) is 0. The molecule has 0 radical (unpaired) electrons. The summed E-state index contributed by atoms with van der Waals surface area (Å²) in [4.78, 5) is 16.5. The van der Waals surface area contributed by atoms with Gasteiger partial charge in [0.25, 0.3) is 5.91 Å². The Morgan fingerprint density at radius 3 is 2.54 bits per heavy atom. The molecule has 5 heteroatoms. The Morgan fingerprint density at radius 1 is 1.04 bits per heavy atom. The molecule has 0 aliphatic heterocycles. The van der Waals surface area contributed by atoms with Crippen molar-refractivity contribution >= 4 is 17.4 Å². The zero-order valence-corrected chi connectivity index (χ0v) is 14.7. The number of aromatic nitrogens is 1. The summed E-state index contributed by atoms with van der Waals surface area (Å²) in [6.45, 7) is 4.34. The fraction of sp³-hybridized carbons (Fsp3) is 0.143. The first-order valence-corrected chi connectivity index (χ1v) is 8.35. The summed E-state index contributed by atoms with van der Waals surface area (Å²) in [6.07, 6.45) is 1.61. The van der Waals surface area contributed by atoms with E-state index in [2.05, 4.69) is 15.6 Å². The highest BCUT2D eigenvalue weighted by atomic mass is 19.1. The molecule has 3 rings (SSSR count). The normalized spacial score (nSPS) is 10.4. The molecule has 1 amide bonds. The Balaban J connectivity index is 1.61. The summed E-state index contributed by atoms with van der Waals surface area (Å²) in [5, 5.41) is 5.89. The standard InChI is InChI=1S/C21H20FN3O/c1-14-7-8-16(11-15(14)2)21(26)25-20-10-9-18(13-24-20)23-12-17-5-3-4-6-19(17)22/h3-11,13,23H,12H2,1-2H3,(H,24,25,26). The van der Waals surface area contributed by atoms with E-state index in [0.717, 1.165) is 16.8 Å². The van der Waals surface area contributed by atoms with Crippen LogP contribution in [0.25, 0.3) is 0 Å². The number of hydrogen-bond acceptors (Lipinski definition) is 3. The predicted octanol–water partition coefficient (Wildman–Crippen LogP) is 4.70. The van der Waals surface area contributed by atoms with Crippen LogP contribution in [0.4, 0.5) is 15.9 Å². The Bertz CT molecular complexity index is 923. The van der Waals surface area contributed by atoms with E-state index in [9.17, 15) is 9.18 Å². The Hall–Kier alpha value is -3.21. The van der Waals surface area contributed by atoms with Crippen molar-refractivity contribution in [2.75, 3.05) is 10.6 Å². The van der Waals surface area contributed by atoms with Crippen LogP contribution in [0, 0.1) is 19.7 Å². The molecule has 0 atom stereocenters. The van der Waals surface area contributed by atoms with Gasteiger partial charge in [0, 0.05) is 17.7 Å². The van der Waals surface area contributed by atoms with E-state index >= 15 is 0 Å². The maximum Gasteiger partial charge on any atom is 0.256 e. The summed E-state index contributed by atoms with van der Waals surface area (Å²) >= 11 is 0. The molecule has 0 bridgehead atoms. The number of nitrogens with zero attached hydrogens (tertiary/aromatic N) is 1. The number of benzene rings is 2. The molecule has 0 saturated heterocycles. The molecule has 132 valence electrons. The number of carbonyl (C=O) groups is 1. The van der Waals surface area contributed by atoms with E-state index in [4.69, 9.17) is 0 Å². The molecule has 2 N–H and O–H groups in total. The number of nitrogens with one attached hydrogen (secondary N) is 2. The monoisotopic (exact) mass is 349 g/mol. The van der Waals surface area contributed by atoms with Crippen LogP contribution in [0.15, 0.2) is 60.8 Å². The van der Waals surface area contributed by atoms with Crippen molar-refractivity contribution in [3.63, 3.8) is 0 Å². The molecule has 0 saturated carbocycles. The lowest BCUT2D eigenvalue weighted by Crippen LogP contribution is -2.13. The quantitative estimate of drug-likeness (QED) is 0.702. The first kappa shape index (κ1) is 17.6. The SMILES string of the molecule is Cc1ccc(C(=O)Nc2ccc(NCc3ccccc3F)cn2)cc1C. The molecule has 0 aliphatic rings. The third kappa shape index (κ3) is 4.25. The van der Waals surface area contributed by atoms with Gasteiger partial charge >= 0.3 is 0 Å². The van der Waals surface area contributed by atoms with Gasteiger partial charge in [0.05, 0.1) is 11.9 Å². The summed E-state index contributed by atoms with van der Waals surface area (Å²) in [6, 6.07) is 15.7. The van der Waals surface area contributed by atoms with Gasteiger partial charge < -0.3 is 10.6 Å². The second kappa shape index (κ2) is 7.78. The van der Waals surface area contributed by atoms with Gasteiger partial charge in [-0.3, -0.25) is 4.79 Å². The zero-order chi connectivity index (χ0) is 18.5. The van der Waals surface area contributed by atoms with Crippen molar-refractivity contribution in [2.45, 2.75) is 20.4 Å². The molecule has 1 aromatic heterocycles. The molecular weight excluding hydrogens is 329 g/mol. The molecule has 0 unspecified atom stereocenters. The number of carbonyl (C=O) groups excluding carboxylic acids is 1. The van der Waals surface area contributed by atoms with E-state index in [1.165, 1.54) is 6.07 Å². The Kier molecular flexibility index (Phi) is 5.27. The van der Waals surface area contributed by atoms with E-state index in [1.54, 1.807) is 42.6 Å². The van der Waals surface area contributed by atoms with Gasteiger partial charge in [0.15, 0.2) is 0 Å². The molecule has 2 aromatic carbocycles. The first-order chi connectivity index (χ1) is 12.5. The number of aryl methyl sites for hydroxylation is 2. The average Bonchev–Trinajstić information content (AvgIpc) is 2.64. The average molecular weight is 349 g/mol. The predicted molar refractivity (Wildman–Crippen MR) is 102 cm³/mol. The minimum atomic E-state index is -0.245. The van der Waals surface area contributed by atoms with Crippen molar-refractivity contribution in [3.8, 4) is 0 Å². The van der Waals surface area contributed by atoms with Gasteiger partial charge in [0.2, 0.25) is 0 Å². The third-order valence-corrected chi connectivity index (χ3v) is 4.21. The topological polar surface area (TPSA) is 54.0 Å². The highest BCUT2D eigenvalue weighted by Gasteiger charge is 2.08. The zero-order valence-electron chi connectivity index (χ0n) is 14.7. The van der Waals surface area contributed by atoms with Gasteiger partial charge in [-0.15, -0.1) is 0 Å². The van der Waals surface area contributed by atoms with Gasteiger partial charge in [0.1, 0.15) is 11.6 Å². The van der Waals surface area contributed by atoms with Crippen LogP contribution in [0.1, 0.15) is 27.0 Å². The second-order valence-corrected chi connectivity index (χ2v) is 6.13. The molecule has 3 aromatic rings. The lowest BCUT2D eigenvalue weighted by molar-refractivity contribution is 0.102. The van der Waals surface area contributed by atoms with Crippen molar-refractivity contribution in [1.82, 2.24) is 4.98 Å². The van der Waals surface area contributed by atoms with Crippen molar-refractivity contribution in [2.24, 2.45) is 0 Å². The Labute approximate surface area is 152 Å². The van der Waals surface area contributed by atoms with Gasteiger partial charge in [-0.1, -0.05) is 24.3 Å². The lowest BCUT2D eigenvalue weighted by Gasteiger charge is -2.09.